The molecule has 0 aliphatic heterocycles. The lowest BCUT2D eigenvalue weighted by Crippen LogP contribution is -2.43. The van der Waals surface area contributed by atoms with Gasteiger partial charge in [-0.2, -0.15) is 13.2 Å². The van der Waals surface area contributed by atoms with Gasteiger partial charge in [0.25, 0.3) is 0 Å². The molecule has 3 N–H and O–H groups in total. The van der Waals surface area contributed by atoms with Crippen LogP contribution < -0.4 is 11.1 Å². The van der Waals surface area contributed by atoms with E-state index in [-0.39, 0.29) is 24.4 Å². The van der Waals surface area contributed by atoms with Crippen molar-refractivity contribution < 1.29 is 18.0 Å². The minimum Gasteiger partial charge on any atom is -0.353 e. The van der Waals surface area contributed by atoms with E-state index in [0.29, 0.717) is 0 Å². The first-order valence-electron chi connectivity index (χ1n) is 6.04. The van der Waals surface area contributed by atoms with Crippen LogP contribution in [-0.2, 0) is 4.79 Å². The second kappa shape index (κ2) is 6.41. The highest BCUT2D eigenvalue weighted by Crippen LogP contribution is 2.31. The first kappa shape index (κ1) is 17.2. The van der Waals surface area contributed by atoms with E-state index < -0.39 is 24.4 Å². The van der Waals surface area contributed by atoms with Crippen molar-refractivity contribution in [3.05, 3.63) is 0 Å². The van der Waals surface area contributed by atoms with Crippen LogP contribution in [0.3, 0.4) is 0 Å². The Morgan fingerprint density at radius 1 is 1.28 bits per heavy atom. The maximum atomic E-state index is 12.6. The Morgan fingerprint density at radius 2 is 1.78 bits per heavy atom. The first-order valence-corrected chi connectivity index (χ1v) is 6.04. The molecule has 0 bridgehead atoms. The first-order chi connectivity index (χ1) is 7.98. The van der Waals surface area contributed by atoms with E-state index >= 15 is 0 Å². The lowest BCUT2D eigenvalue weighted by molar-refractivity contribution is -0.180. The van der Waals surface area contributed by atoms with E-state index in [1.54, 1.807) is 6.92 Å². The molecule has 18 heavy (non-hydrogen) atoms. The summed E-state index contributed by atoms with van der Waals surface area (Å²) in [7, 11) is 0. The van der Waals surface area contributed by atoms with Gasteiger partial charge in [-0.25, -0.2) is 0 Å². The maximum absolute atomic E-state index is 12.6. The lowest BCUT2D eigenvalue weighted by atomic mass is 9.87. The van der Waals surface area contributed by atoms with E-state index in [2.05, 4.69) is 5.32 Å². The summed E-state index contributed by atoms with van der Waals surface area (Å²) in [4.78, 5) is 11.6. The highest BCUT2D eigenvalue weighted by molar-refractivity contribution is 5.76. The van der Waals surface area contributed by atoms with Gasteiger partial charge in [0.15, 0.2) is 0 Å². The predicted molar refractivity (Wildman–Crippen MR) is 64.9 cm³/mol. The van der Waals surface area contributed by atoms with Crippen LogP contribution in [0, 0.1) is 11.3 Å². The van der Waals surface area contributed by atoms with Gasteiger partial charge in [0.05, 0.1) is 5.92 Å². The quantitative estimate of drug-likeness (QED) is 0.804. The molecule has 0 radical (unpaired) electrons. The van der Waals surface area contributed by atoms with Crippen molar-refractivity contribution in [2.75, 3.05) is 6.54 Å². The molecule has 0 aliphatic rings. The van der Waals surface area contributed by atoms with Crippen LogP contribution in [0.5, 0.6) is 0 Å². The Labute approximate surface area is 106 Å². The fraction of sp³-hybridized carbons (Fsp3) is 0.917. The third-order valence-electron chi connectivity index (χ3n) is 3.09. The summed E-state index contributed by atoms with van der Waals surface area (Å²) >= 11 is 0. The molecule has 6 heteroatoms. The Kier molecular flexibility index (Phi) is 6.13. The zero-order valence-electron chi connectivity index (χ0n) is 11.4. The van der Waals surface area contributed by atoms with E-state index in [4.69, 9.17) is 5.73 Å². The standard InChI is InChI=1S/C12H23F3N2O/c1-8(11(2,3)4)17-10(18)7-9(5-6-16)12(13,14)15/h8-9H,5-7,16H2,1-4H3,(H,17,18). The molecule has 0 saturated heterocycles. The zero-order valence-corrected chi connectivity index (χ0v) is 11.4. The minimum atomic E-state index is -4.37. The average Bonchev–Trinajstić information content (AvgIpc) is 2.13. The van der Waals surface area contributed by atoms with Gasteiger partial charge >= 0.3 is 6.18 Å². The van der Waals surface area contributed by atoms with Crippen LogP contribution in [0.1, 0.15) is 40.5 Å². The van der Waals surface area contributed by atoms with Crippen LogP contribution in [0.25, 0.3) is 0 Å². The molecule has 2 atom stereocenters. The van der Waals surface area contributed by atoms with Crippen LogP contribution in [0.2, 0.25) is 0 Å². The highest BCUT2D eigenvalue weighted by Gasteiger charge is 2.40. The third-order valence-corrected chi connectivity index (χ3v) is 3.09. The summed E-state index contributed by atoms with van der Waals surface area (Å²) in [6.45, 7) is 7.45. The molecule has 0 aliphatic carbocycles. The number of hydrogen-bond donors (Lipinski definition) is 2. The van der Waals surface area contributed by atoms with Gasteiger partial charge in [-0.15, -0.1) is 0 Å². The number of nitrogens with one attached hydrogen (secondary N) is 1. The Morgan fingerprint density at radius 3 is 2.11 bits per heavy atom. The molecule has 0 aromatic rings. The van der Waals surface area contributed by atoms with Crippen molar-refractivity contribution in [1.29, 1.82) is 0 Å². The zero-order chi connectivity index (χ0) is 14.6. The number of carbonyl (C=O) groups is 1. The molecular weight excluding hydrogens is 245 g/mol. The lowest BCUT2D eigenvalue weighted by Gasteiger charge is -2.29. The Hall–Kier alpha value is -0.780. The Balaban J connectivity index is 4.44. The van der Waals surface area contributed by atoms with Gasteiger partial charge in [0, 0.05) is 12.5 Å². The average molecular weight is 268 g/mol. The van der Waals surface area contributed by atoms with Crippen LogP contribution in [-0.4, -0.2) is 24.7 Å². The van der Waals surface area contributed by atoms with Crippen LogP contribution in [0.4, 0.5) is 13.2 Å². The van der Waals surface area contributed by atoms with Crippen LogP contribution >= 0.6 is 0 Å². The third kappa shape index (κ3) is 6.23. The fourth-order valence-corrected chi connectivity index (χ4v) is 1.32. The van der Waals surface area contributed by atoms with Crippen molar-refractivity contribution in [2.45, 2.75) is 52.8 Å². The number of halogens is 3. The fourth-order valence-electron chi connectivity index (χ4n) is 1.32. The molecule has 0 spiro atoms. The van der Waals surface area contributed by atoms with Crippen molar-refractivity contribution >= 4 is 5.91 Å². The maximum Gasteiger partial charge on any atom is 0.392 e. The van der Waals surface area contributed by atoms with Gasteiger partial charge in [-0.3, -0.25) is 4.79 Å². The summed E-state index contributed by atoms with van der Waals surface area (Å²) in [6, 6.07) is -0.184. The van der Waals surface area contributed by atoms with Gasteiger partial charge in [0.1, 0.15) is 0 Å². The van der Waals surface area contributed by atoms with Gasteiger partial charge in [-0.1, -0.05) is 20.8 Å². The van der Waals surface area contributed by atoms with Crippen molar-refractivity contribution in [1.82, 2.24) is 5.32 Å². The minimum absolute atomic E-state index is 0.0771. The molecule has 108 valence electrons. The number of hydrogen-bond acceptors (Lipinski definition) is 2. The number of amides is 1. The summed E-state index contributed by atoms with van der Waals surface area (Å²) < 4.78 is 37.8. The number of nitrogens with two attached hydrogens (primary N) is 1. The summed E-state index contributed by atoms with van der Waals surface area (Å²) in [5.41, 5.74) is 4.96. The van der Waals surface area contributed by atoms with E-state index in [9.17, 15) is 18.0 Å². The van der Waals surface area contributed by atoms with Gasteiger partial charge < -0.3 is 11.1 Å². The monoisotopic (exact) mass is 268 g/mol. The second-order valence-corrected chi connectivity index (χ2v) is 5.68. The molecule has 3 nitrogen and oxygen atoms in total. The van der Waals surface area contributed by atoms with Gasteiger partial charge in [-0.05, 0) is 25.3 Å². The molecule has 0 rings (SSSR count). The smallest absolute Gasteiger partial charge is 0.353 e. The molecular formula is C12H23F3N2O. The van der Waals surface area contributed by atoms with Crippen molar-refractivity contribution in [3.63, 3.8) is 0 Å². The normalized spacial score (nSPS) is 16.2. The summed E-state index contributed by atoms with van der Waals surface area (Å²) in [5.74, 6) is -2.23. The molecule has 0 aromatic carbocycles. The second-order valence-electron chi connectivity index (χ2n) is 5.68. The SMILES string of the molecule is CC(NC(=O)CC(CCN)C(F)(F)F)C(C)(C)C. The predicted octanol–water partition coefficient (Wildman–Crippen LogP) is 2.45. The molecule has 0 saturated carbocycles. The van der Waals surface area contributed by atoms with Crippen molar-refractivity contribution in [2.24, 2.45) is 17.1 Å². The molecule has 1 amide bonds. The molecule has 0 heterocycles. The van der Waals surface area contributed by atoms with Crippen molar-refractivity contribution in [3.8, 4) is 0 Å². The summed E-state index contributed by atoms with van der Waals surface area (Å²) in [5, 5.41) is 2.60. The molecule has 0 fully saturated rings. The number of rotatable bonds is 5. The van der Waals surface area contributed by atoms with E-state index in [1.807, 2.05) is 20.8 Å². The van der Waals surface area contributed by atoms with Crippen LogP contribution in [0.15, 0.2) is 0 Å². The van der Waals surface area contributed by atoms with E-state index in [0.717, 1.165) is 0 Å². The largest absolute Gasteiger partial charge is 0.392 e. The van der Waals surface area contributed by atoms with Gasteiger partial charge in [0.2, 0.25) is 5.91 Å². The Bertz CT molecular complexity index is 271. The summed E-state index contributed by atoms with van der Waals surface area (Å²) in [6.07, 6.45) is -5.15. The molecule has 0 aromatic heterocycles. The van der Waals surface area contributed by atoms with E-state index in [1.165, 1.54) is 0 Å². The highest BCUT2D eigenvalue weighted by atomic mass is 19.4. The topological polar surface area (TPSA) is 55.1 Å². The number of alkyl halides is 3. The number of carbonyl (C=O) groups excluding carboxylic acids is 1. The molecule has 2 unspecified atom stereocenters.